The number of H-pyrrole nitrogens is 1. The van der Waals surface area contributed by atoms with Gasteiger partial charge in [0.2, 0.25) is 0 Å². The topological polar surface area (TPSA) is 100 Å². The van der Waals surface area contributed by atoms with Gasteiger partial charge in [0.15, 0.2) is 5.65 Å². The molecule has 5 rings (SSSR count). The number of pyridine rings is 1. The summed E-state index contributed by atoms with van der Waals surface area (Å²) in [5.74, 6) is -0.364. The number of likely N-dealkylation sites (tertiary alicyclic amines) is 1. The molecule has 0 unspecified atom stereocenters. The number of aliphatic hydroxyl groups is 1. The molecule has 2 aromatic heterocycles. The molecule has 0 bridgehead atoms. The summed E-state index contributed by atoms with van der Waals surface area (Å²) >= 11 is 0. The van der Waals surface area contributed by atoms with Gasteiger partial charge in [-0.1, -0.05) is 6.42 Å². The molecule has 2 aliphatic rings. The summed E-state index contributed by atoms with van der Waals surface area (Å²) in [5.41, 5.74) is 2.39. The molecule has 2 N–H and O–H groups in total. The SMILES string of the molecule is O=C(c1ccc(OC(F)(F)F)cc1)N1CCC(n2c(=O)[nH]c3ncc([C@@H]4CCC[C@@H](O)CC4)cc32)CC1. The number of imidazole rings is 1. The predicted octanol–water partition coefficient (Wildman–Crippen LogP) is 4.51. The van der Waals surface area contributed by atoms with Crippen LogP contribution in [-0.2, 0) is 0 Å². The fraction of sp³-hybridized carbons (Fsp3) is 0.500. The number of carbonyl (C=O) groups excluding carboxylic acids is 1. The molecule has 1 aliphatic carbocycles. The number of aromatic amines is 1. The van der Waals surface area contributed by atoms with Crippen LogP contribution in [0.15, 0.2) is 41.3 Å². The van der Waals surface area contributed by atoms with Crippen molar-refractivity contribution in [2.45, 2.75) is 69.4 Å². The molecule has 1 aromatic carbocycles. The molecule has 37 heavy (non-hydrogen) atoms. The number of benzene rings is 1. The molecule has 1 aliphatic heterocycles. The summed E-state index contributed by atoms with van der Waals surface area (Å²) < 4.78 is 42.7. The number of rotatable bonds is 4. The third-order valence-electron chi connectivity index (χ3n) is 7.45. The molecule has 2 fully saturated rings. The van der Waals surface area contributed by atoms with Crippen molar-refractivity contribution in [2.24, 2.45) is 0 Å². The lowest BCUT2D eigenvalue weighted by Crippen LogP contribution is -2.40. The van der Waals surface area contributed by atoms with E-state index in [-0.39, 0.29) is 35.1 Å². The number of fused-ring (bicyclic) bond motifs is 1. The van der Waals surface area contributed by atoms with E-state index >= 15 is 0 Å². The van der Waals surface area contributed by atoms with Crippen LogP contribution < -0.4 is 10.4 Å². The Bertz CT molecular complexity index is 1310. The molecule has 1 amide bonds. The van der Waals surface area contributed by atoms with E-state index in [4.69, 9.17) is 0 Å². The van der Waals surface area contributed by atoms with Crippen LogP contribution in [0.1, 0.15) is 72.8 Å². The normalized spacial score (nSPS) is 21.7. The number of amides is 1. The second-order valence-corrected chi connectivity index (χ2v) is 9.89. The number of aliphatic hydroxyl groups excluding tert-OH is 1. The van der Waals surface area contributed by atoms with E-state index < -0.39 is 6.36 Å². The number of piperidine rings is 1. The van der Waals surface area contributed by atoms with Crippen LogP contribution in [0.5, 0.6) is 5.75 Å². The van der Waals surface area contributed by atoms with E-state index in [0.29, 0.717) is 37.5 Å². The molecule has 1 saturated heterocycles. The number of nitrogens with one attached hydrogen (secondary N) is 1. The van der Waals surface area contributed by atoms with E-state index in [1.807, 2.05) is 12.3 Å². The Balaban J connectivity index is 1.28. The highest BCUT2D eigenvalue weighted by Crippen LogP contribution is 2.33. The Morgan fingerprint density at radius 2 is 1.78 bits per heavy atom. The van der Waals surface area contributed by atoms with E-state index in [1.165, 1.54) is 12.1 Å². The minimum atomic E-state index is -4.79. The van der Waals surface area contributed by atoms with Gasteiger partial charge in [-0.05, 0) is 80.3 Å². The Morgan fingerprint density at radius 1 is 1.05 bits per heavy atom. The van der Waals surface area contributed by atoms with Crippen molar-refractivity contribution in [1.29, 1.82) is 0 Å². The van der Waals surface area contributed by atoms with Crippen molar-refractivity contribution in [3.8, 4) is 5.75 Å². The van der Waals surface area contributed by atoms with Crippen LogP contribution in [0.2, 0.25) is 0 Å². The number of aromatic nitrogens is 3. The first kappa shape index (κ1) is 25.3. The minimum Gasteiger partial charge on any atom is -0.406 e. The van der Waals surface area contributed by atoms with Gasteiger partial charge in [0.25, 0.3) is 5.91 Å². The standard InChI is InChI=1S/C26H29F3N4O4/c27-26(28,29)37-21-8-5-17(6-9-21)24(35)32-12-10-19(11-13-32)33-22-14-18(15-30-23(22)31-25(33)36)16-2-1-3-20(34)7-4-16/h5-6,8-9,14-16,19-20,34H,1-4,7,10-13H2,(H,30,31,36)/t16-,20-/m1/s1. The lowest BCUT2D eigenvalue weighted by molar-refractivity contribution is -0.274. The largest absolute Gasteiger partial charge is 0.573 e. The van der Waals surface area contributed by atoms with Crippen LogP contribution in [0.25, 0.3) is 11.2 Å². The van der Waals surface area contributed by atoms with Crippen molar-refractivity contribution in [3.63, 3.8) is 0 Å². The van der Waals surface area contributed by atoms with E-state index in [1.54, 1.807) is 9.47 Å². The molecule has 3 aromatic rings. The molecule has 2 atom stereocenters. The van der Waals surface area contributed by atoms with E-state index in [2.05, 4.69) is 14.7 Å². The van der Waals surface area contributed by atoms with Gasteiger partial charge in [0, 0.05) is 30.9 Å². The van der Waals surface area contributed by atoms with Crippen LogP contribution in [0.3, 0.4) is 0 Å². The zero-order valence-electron chi connectivity index (χ0n) is 20.2. The number of halogens is 3. The quantitative estimate of drug-likeness (QED) is 0.495. The van der Waals surface area contributed by atoms with Gasteiger partial charge in [-0.3, -0.25) is 14.3 Å². The summed E-state index contributed by atoms with van der Waals surface area (Å²) in [6, 6.07) is 6.81. The van der Waals surface area contributed by atoms with Gasteiger partial charge in [0.1, 0.15) is 5.75 Å². The van der Waals surface area contributed by atoms with Crippen LogP contribution in [0.4, 0.5) is 13.2 Å². The Labute approximate surface area is 211 Å². The summed E-state index contributed by atoms with van der Waals surface area (Å²) in [6.07, 6.45) is 2.27. The Morgan fingerprint density at radius 3 is 2.49 bits per heavy atom. The average molecular weight is 519 g/mol. The highest BCUT2D eigenvalue weighted by molar-refractivity contribution is 5.94. The fourth-order valence-corrected chi connectivity index (χ4v) is 5.53. The van der Waals surface area contributed by atoms with Crippen molar-refractivity contribution < 1.29 is 27.8 Å². The maximum absolute atomic E-state index is 12.9. The van der Waals surface area contributed by atoms with E-state index in [9.17, 15) is 27.9 Å². The summed E-state index contributed by atoms with van der Waals surface area (Å²) in [6.45, 7) is 0.827. The first-order valence-corrected chi connectivity index (χ1v) is 12.6. The minimum absolute atomic E-state index is 0.110. The number of hydrogen-bond acceptors (Lipinski definition) is 5. The maximum atomic E-state index is 12.9. The predicted molar refractivity (Wildman–Crippen MR) is 129 cm³/mol. The van der Waals surface area contributed by atoms with Crippen molar-refractivity contribution in [2.75, 3.05) is 13.1 Å². The van der Waals surface area contributed by atoms with Gasteiger partial charge in [-0.2, -0.15) is 0 Å². The second-order valence-electron chi connectivity index (χ2n) is 9.89. The molecule has 1 saturated carbocycles. The summed E-state index contributed by atoms with van der Waals surface area (Å²) in [5, 5.41) is 9.99. The zero-order chi connectivity index (χ0) is 26.2. The first-order valence-electron chi connectivity index (χ1n) is 12.6. The monoisotopic (exact) mass is 518 g/mol. The summed E-state index contributed by atoms with van der Waals surface area (Å²) in [7, 11) is 0. The van der Waals surface area contributed by atoms with E-state index in [0.717, 1.165) is 55.3 Å². The van der Waals surface area contributed by atoms with Gasteiger partial charge in [0.05, 0.1) is 11.6 Å². The van der Waals surface area contributed by atoms with Crippen molar-refractivity contribution >= 4 is 17.1 Å². The Hall–Kier alpha value is -3.34. The first-order chi connectivity index (χ1) is 17.7. The van der Waals surface area contributed by atoms with Gasteiger partial charge < -0.3 is 14.7 Å². The lowest BCUT2D eigenvalue weighted by Gasteiger charge is -2.32. The highest BCUT2D eigenvalue weighted by Gasteiger charge is 2.31. The second kappa shape index (κ2) is 10.2. The molecule has 11 heteroatoms. The molecule has 8 nitrogen and oxygen atoms in total. The third-order valence-corrected chi connectivity index (χ3v) is 7.45. The van der Waals surface area contributed by atoms with Crippen molar-refractivity contribution in [1.82, 2.24) is 19.4 Å². The fourth-order valence-electron chi connectivity index (χ4n) is 5.53. The number of hydrogen-bond donors (Lipinski definition) is 2. The Kier molecular flexibility index (Phi) is 6.98. The van der Waals surface area contributed by atoms with Gasteiger partial charge >= 0.3 is 12.1 Å². The van der Waals surface area contributed by atoms with Crippen molar-refractivity contribution in [3.05, 3.63) is 58.1 Å². The van der Waals surface area contributed by atoms with Crippen LogP contribution in [-0.4, -0.2) is 56.0 Å². The van der Waals surface area contributed by atoms with Gasteiger partial charge in [-0.25, -0.2) is 9.78 Å². The number of carbonyl (C=O) groups is 1. The smallest absolute Gasteiger partial charge is 0.406 e. The molecule has 0 spiro atoms. The summed E-state index contributed by atoms with van der Waals surface area (Å²) in [4.78, 5) is 34.8. The molecule has 3 heterocycles. The number of alkyl halides is 3. The molecular formula is C26H29F3N4O4. The van der Waals surface area contributed by atoms with Gasteiger partial charge in [-0.15, -0.1) is 13.2 Å². The number of nitrogens with zero attached hydrogens (tertiary/aromatic N) is 3. The average Bonchev–Trinajstić information content (AvgIpc) is 3.03. The molecule has 198 valence electrons. The maximum Gasteiger partial charge on any atom is 0.573 e. The zero-order valence-corrected chi connectivity index (χ0v) is 20.2. The third kappa shape index (κ3) is 5.66. The van der Waals surface area contributed by atoms with Crippen LogP contribution in [0, 0.1) is 0 Å². The lowest BCUT2D eigenvalue weighted by atomic mass is 9.93. The highest BCUT2D eigenvalue weighted by atomic mass is 19.4. The number of ether oxygens (including phenoxy) is 1. The van der Waals surface area contributed by atoms with Crippen LogP contribution >= 0.6 is 0 Å². The molecular weight excluding hydrogens is 489 g/mol. The molecule has 0 radical (unpaired) electrons.